The predicted octanol–water partition coefficient (Wildman–Crippen LogP) is 3.69. The van der Waals surface area contributed by atoms with E-state index in [1.807, 2.05) is 6.92 Å². The number of carbonyl (C=O) groups is 1. The van der Waals surface area contributed by atoms with Crippen molar-refractivity contribution < 1.29 is 4.79 Å². The molecule has 154 valence electrons. The molecule has 6 heteroatoms. The molecular weight excluding hydrogens is 381 g/mol. The third-order valence-corrected chi connectivity index (χ3v) is 6.25. The zero-order valence-corrected chi connectivity index (χ0v) is 18.4. The van der Waals surface area contributed by atoms with Gasteiger partial charge in [0.05, 0.1) is 5.92 Å². The van der Waals surface area contributed by atoms with Crippen molar-refractivity contribution >= 4 is 30.7 Å². The number of hydrogen-bond acceptors (Lipinski definition) is 3. The van der Waals surface area contributed by atoms with Gasteiger partial charge in [-0.2, -0.15) is 0 Å². The van der Waals surface area contributed by atoms with E-state index in [4.69, 9.17) is 5.73 Å². The molecule has 3 N–H and O–H groups in total. The van der Waals surface area contributed by atoms with E-state index in [-0.39, 0.29) is 47.7 Å². The lowest BCUT2D eigenvalue weighted by Crippen LogP contribution is -2.57. The number of amides is 1. The van der Waals surface area contributed by atoms with Crippen molar-refractivity contribution in [1.82, 2.24) is 10.2 Å². The molecule has 0 aromatic heterocycles. The first-order chi connectivity index (χ1) is 11.8. The van der Waals surface area contributed by atoms with Crippen molar-refractivity contribution in [3.05, 3.63) is 35.4 Å². The standard InChI is InChI=1S/C21H33N3O.2ClH/c1-20(2,24-13-11-16-8-4-5-9-17(16)14-24)15-23-19(25)18-10-6-7-12-21(18,3)22;;/h4-5,8-9,18H,6-7,10-15,22H2,1-3H3,(H,23,25);2*1H. The van der Waals surface area contributed by atoms with Gasteiger partial charge in [-0.25, -0.2) is 0 Å². The second-order valence-electron chi connectivity index (χ2n) is 8.77. The van der Waals surface area contributed by atoms with E-state index in [1.165, 1.54) is 11.1 Å². The van der Waals surface area contributed by atoms with Crippen LogP contribution in [0.2, 0.25) is 0 Å². The molecule has 3 rings (SSSR count). The number of hydrogen-bond donors (Lipinski definition) is 2. The highest BCUT2D eigenvalue weighted by Crippen LogP contribution is 2.32. The van der Waals surface area contributed by atoms with Crippen molar-refractivity contribution in [1.29, 1.82) is 0 Å². The molecule has 1 fully saturated rings. The molecule has 1 aliphatic heterocycles. The van der Waals surface area contributed by atoms with E-state index < -0.39 is 0 Å². The fraction of sp³-hybridized carbons (Fsp3) is 0.667. The van der Waals surface area contributed by atoms with Crippen LogP contribution in [0.3, 0.4) is 0 Å². The normalized spacial score (nSPS) is 25.6. The molecule has 2 atom stereocenters. The average molecular weight is 416 g/mol. The Bertz CT molecular complexity index is 634. The maximum Gasteiger partial charge on any atom is 0.225 e. The minimum atomic E-state index is -0.365. The number of rotatable bonds is 4. The van der Waals surface area contributed by atoms with Gasteiger partial charge in [-0.05, 0) is 51.2 Å². The van der Waals surface area contributed by atoms with E-state index in [0.717, 1.165) is 45.2 Å². The summed E-state index contributed by atoms with van der Waals surface area (Å²) in [5.74, 6) is 0.0781. The van der Waals surface area contributed by atoms with E-state index in [9.17, 15) is 4.79 Å². The highest BCUT2D eigenvalue weighted by atomic mass is 35.5. The maximum absolute atomic E-state index is 12.7. The largest absolute Gasteiger partial charge is 0.354 e. The maximum atomic E-state index is 12.7. The molecule has 0 spiro atoms. The molecule has 0 radical (unpaired) electrons. The predicted molar refractivity (Wildman–Crippen MR) is 117 cm³/mol. The number of nitrogens with two attached hydrogens (primary N) is 1. The summed E-state index contributed by atoms with van der Waals surface area (Å²) in [6, 6.07) is 8.68. The van der Waals surface area contributed by atoms with Gasteiger partial charge in [0.25, 0.3) is 0 Å². The summed E-state index contributed by atoms with van der Waals surface area (Å²) in [6.07, 6.45) is 5.18. The van der Waals surface area contributed by atoms with Gasteiger partial charge in [0, 0.05) is 30.7 Å². The number of fused-ring (bicyclic) bond motifs is 1. The zero-order chi connectivity index (χ0) is 18.1. The van der Waals surface area contributed by atoms with Gasteiger partial charge >= 0.3 is 0 Å². The molecule has 0 bridgehead atoms. The summed E-state index contributed by atoms with van der Waals surface area (Å²) < 4.78 is 0. The molecule has 1 saturated carbocycles. The molecule has 27 heavy (non-hydrogen) atoms. The first-order valence-corrected chi connectivity index (χ1v) is 9.68. The molecule has 1 amide bonds. The molecule has 1 heterocycles. The van der Waals surface area contributed by atoms with Crippen LogP contribution in [0.4, 0.5) is 0 Å². The summed E-state index contributed by atoms with van der Waals surface area (Å²) in [6.45, 7) is 9.14. The Balaban J connectivity index is 0.00000182. The third kappa shape index (κ3) is 5.60. The SMILES string of the molecule is CC1(N)CCCCC1C(=O)NCC(C)(C)N1CCc2ccccc2C1.Cl.Cl. The Morgan fingerprint density at radius 1 is 1.26 bits per heavy atom. The lowest BCUT2D eigenvalue weighted by atomic mass is 9.74. The first-order valence-electron chi connectivity index (χ1n) is 9.68. The van der Waals surface area contributed by atoms with Crippen molar-refractivity contribution in [2.24, 2.45) is 11.7 Å². The number of carbonyl (C=O) groups excluding carboxylic acids is 1. The van der Waals surface area contributed by atoms with Crippen LogP contribution in [0, 0.1) is 5.92 Å². The van der Waals surface area contributed by atoms with E-state index >= 15 is 0 Å². The Hall–Kier alpha value is -0.810. The monoisotopic (exact) mass is 415 g/mol. The highest BCUT2D eigenvalue weighted by Gasteiger charge is 2.38. The Morgan fingerprint density at radius 3 is 2.59 bits per heavy atom. The van der Waals surface area contributed by atoms with Crippen LogP contribution >= 0.6 is 24.8 Å². The van der Waals surface area contributed by atoms with Gasteiger partial charge in [-0.3, -0.25) is 9.69 Å². The Kier molecular flexibility index (Phi) is 8.61. The van der Waals surface area contributed by atoms with Crippen LogP contribution in [0.25, 0.3) is 0 Å². The van der Waals surface area contributed by atoms with Gasteiger partial charge < -0.3 is 11.1 Å². The van der Waals surface area contributed by atoms with Gasteiger partial charge in [0.15, 0.2) is 0 Å². The molecule has 2 aliphatic rings. The summed E-state index contributed by atoms with van der Waals surface area (Å²) in [7, 11) is 0. The van der Waals surface area contributed by atoms with E-state index in [2.05, 4.69) is 48.3 Å². The van der Waals surface area contributed by atoms with Gasteiger partial charge in [-0.15, -0.1) is 24.8 Å². The van der Waals surface area contributed by atoms with Crippen molar-refractivity contribution in [2.75, 3.05) is 13.1 Å². The average Bonchev–Trinajstić information content (AvgIpc) is 2.59. The molecular formula is C21H35Cl2N3O. The Labute approximate surface area is 176 Å². The van der Waals surface area contributed by atoms with Gasteiger partial charge in [-0.1, -0.05) is 37.1 Å². The van der Waals surface area contributed by atoms with Crippen LogP contribution < -0.4 is 11.1 Å². The first kappa shape index (κ1) is 24.2. The zero-order valence-electron chi connectivity index (χ0n) is 16.8. The van der Waals surface area contributed by atoms with Crippen LogP contribution in [0.5, 0.6) is 0 Å². The van der Waals surface area contributed by atoms with Gasteiger partial charge in [0.2, 0.25) is 5.91 Å². The number of nitrogens with zero attached hydrogens (tertiary/aromatic N) is 1. The molecule has 0 saturated heterocycles. The minimum Gasteiger partial charge on any atom is -0.354 e. The highest BCUT2D eigenvalue weighted by molar-refractivity contribution is 5.85. The van der Waals surface area contributed by atoms with Crippen LogP contribution in [0.1, 0.15) is 57.6 Å². The van der Waals surface area contributed by atoms with Crippen molar-refractivity contribution in [3.63, 3.8) is 0 Å². The summed E-state index contributed by atoms with van der Waals surface area (Å²) in [5, 5.41) is 3.21. The van der Waals surface area contributed by atoms with Crippen molar-refractivity contribution in [2.45, 2.75) is 70.5 Å². The summed E-state index contributed by atoms with van der Waals surface area (Å²) in [4.78, 5) is 15.2. The smallest absolute Gasteiger partial charge is 0.225 e. The van der Waals surface area contributed by atoms with Crippen molar-refractivity contribution in [3.8, 4) is 0 Å². The van der Waals surface area contributed by atoms with Crippen LogP contribution in [0.15, 0.2) is 24.3 Å². The fourth-order valence-corrected chi connectivity index (χ4v) is 4.34. The molecule has 1 aromatic carbocycles. The quantitative estimate of drug-likeness (QED) is 0.787. The number of benzene rings is 1. The van der Waals surface area contributed by atoms with Crippen LogP contribution in [-0.4, -0.2) is 35.0 Å². The van der Waals surface area contributed by atoms with E-state index in [0.29, 0.717) is 6.54 Å². The summed E-state index contributed by atoms with van der Waals surface area (Å²) in [5.41, 5.74) is 8.83. The van der Waals surface area contributed by atoms with Crippen LogP contribution in [-0.2, 0) is 17.8 Å². The molecule has 1 aliphatic carbocycles. The van der Waals surface area contributed by atoms with E-state index in [1.54, 1.807) is 0 Å². The second kappa shape index (κ2) is 9.60. The molecule has 1 aromatic rings. The minimum absolute atomic E-state index is 0. The number of halogens is 2. The van der Waals surface area contributed by atoms with Gasteiger partial charge in [0.1, 0.15) is 0 Å². The lowest BCUT2D eigenvalue weighted by Gasteiger charge is -2.43. The fourth-order valence-electron chi connectivity index (χ4n) is 4.34. The second-order valence-corrected chi connectivity index (χ2v) is 8.77. The topological polar surface area (TPSA) is 58.4 Å². The number of nitrogens with one attached hydrogen (secondary N) is 1. The summed E-state index contributed by atoms with van der Waals surface area (Å²) >= 11 is 0. The Morgan fingerprint density at radius 2 is 1.93 bits per heavy atom. The third-order valence-electron chi connectivity index (χ3n) is 6.25. The molecule has 2 unspecified atom stereocenters. The molecule has 4 nitrogen and oxygen atoms in total. The lowest BCUT2D eigenvalue weighted by molar-refractivity contribution is -0.128.